The van der Waals surface area contributed by atoms with Crippen molar-refractivity contribution >= 4 is 11.9 Å². The number of likely N-dealkylation sites (N-methyl/N-ethyl adjacent to an activating group) is 1. The van der Waals surface area contributed by atoms with E-state index >= 15 is 0 Å². The number of carboxylic acids is 1. The first-order chi connectivity index (χ1) is 12.9. The van der Waals surface area contributed by atoms with Crippen LogP contribution in [0.3, 0.4) is 0 Å². The van der Waals surface area contributed by atoms with Gasteiger partial charge in [-0.25, -0.2) is 4.39 Å². The molecule has 8 heteroatoms. The van der Waals surface area contributed by atoms with Crippen LogP contribution in [0.25, 0.3) is 0 Å². The fourth-order valence-electron chi connectivity index (χ4n) is 3.23. The Morgan fingerprint density at radius 2 is 2.04 bits per heavy atom. The lowest BCUT2D eigenvalue weighted by molar-refractivity contribution is -0.138. The summed E-state index contributed by atoms with van der Waals surface area (Å²) in [5.41, 5.74) is 0. The number of benzene rings is 1. The van der Waals surface area contributed by atoms with E-state index in [1.54, 1.807) is 12.1 Å². The van der Waals surface area contributed by atoms with Crippen molar-refractivity contribution in [2.45, 2.75) is 25.3 Å². The van der Waals surface area contributed by atoms with Gasteiger partial charge in [-0.15, -0.1) is 0 Å². The van der Waals surface area contributed by atoms with E-state index in [0.29, 0.717) is 25.4 Å². The molecular weight excluding hydrogens is 353 g/mol. The molecule has 0 aromatic heterocycles. The third kappa shape index (κ3) is 7.92. The first-order valence-electron chi connectivity index (χ1n) is 9.23. The molecule has 1 atom stereocenters. The number of likely N-dealkylation sites (tertiary alicyclic amines) is 1. The Morgan fingerprint density at radius 3 is 2.74 bits per heavy atom. The molecule has 2 N–H and O–H groups in total. The molecule has 7 nitrogen and oxygen atoms in total. The zero-order chi connectivity index (χ0) is 19.6. The molecule has 1 aromatic carbocycles. The minimum absolute atomic E-state index is 0.0409. The average Bonchev–Trinajstić information content (AvgIpc) is 2.85. The monoisotopic (exact) mass is 381 g/mol. The Kier molecular flexibility index (Phi) is 8.47. The van der Waals surface area contributed by atoms with Crippen LogP contribution in [0.1, 0.15) is 19.3 Å². The highest BCUT2D eigenvalue weighted by atomic mass is 19.1. The molecule has 0 spiro atoms. The van der Waals surface area contributed by atoms with Gasteiger partial charge in [-0.05, 0) is 57.1 Å². The maximum Gasteiger partial charge on any atom is 0.317 e. The minimum atomic E-state index is -0.819. The van der Waals surface area contributed by atoms with Crippen LogP contribution in [0.2, 0.25) is 0 Å². The molecule has 1 saturated heterocycles. The second-order valence-electron chi connectivity index (χ2n) is 6.82. The van der Waals surface area contributed by atoms with Crippen molar-refractivity contribution in [1.29, 1.82) is 0 Å². The Hall–Kier alpha value is -2.19. The van der Waals surface area contributed by atoms with E-state index in [-0.39, 0.29) is 24.3 Å². The quantitative estimate of drug-likeness (QED) is 0.626. The smallest absolute Gasteiger partial charge is 0.317 e. The molecule has 1 aromatic rings. The fraction of sp³-hybridized carbons (Fsp3) is 0.579. The van der Waals surface area contributed by atoms with Gasteiger partial charge in [0.25, 0.3) is 0 Å². The summed E-state index contributed by atoms with van der Waals surface area (Å²) in [4.78, 5) is 26.9. The molecule has 0 aliphatic carbocycles. The Morgan fingerprint density at radius 1 is 1.30 bits per heavy atom. The molecule has 0 bridgehead atoms. The van der Waals surface area contributed by atoms with E-state index < -0.39 is 5.97 Å². The summed E-state index contributed by atoms with van der Waals surface area (Å²) >= 11 is 0. The van der Waals surface area contributed by atoms with E-state index in [9.17, 15) is 14.0 Å². The summed E-state index contributed by atoms with van der Waals surface area (Å²) in [5.74, 6) is -0.630. The largest absolute Gasteiger partial charge is 0.492 e. The molecule has 27 heavy (non-hydrogen) atoms. The van der Waals surface area contributed by atoms with Crippen LogP contribution in [0.15, 0.2) is 24.3 Å². The van der Waals surface area contributed by atoms with Crippen LogP contribution in [-0.4, -0.2) is 79.2 Å². The zero-order valence-corrected chi connectivity index (χ0v) is 15.7. The molecule has 0 saturated carbocycles. The Labute approximate surface area is 159 Å². The van der Waals surface area contributed by atoms with E-state index in [0.717, 1.165) is 32.4 Å². The summed E-state index contributed by atoms with van der Waals surface area (Å²) in [6.07, 6.45) is 2.73. The molecule has 1 aliphatic rings. The van der Waals surface area contributed by atoms with Crippen molar-refractivity contribution in [3.05, 3.63) is 30.1 Å². The number of carbonyl (C=O) groups is 2. The van der Waals surface area contributed by atoms with Gasteiger partial charge >= 0.3 is 5.97 Å². The van der Waals surface area contributed by atoms with Crippen LogP contribution in [-0.2, 0) is 9.59 Å². The summed E-state index contributed by atoms with van der Waals surface area (Å²) in [6, 6.07) is 5.99. The van der Waals surface area contributed by atoms with Crippen molar-refractivity contribution in [1.82, 2.24) is 15.1 Å². The molecule has 1 heterocycles. The number of hydrogen-bond acceptors (Lipinski definition) is 5. The van der Waals surface area contributed by atoms with Crippen LogP contribution < -0.4 is 10.1 Å². The van der Waals surface area contributed by atoms with E-state index in [4.69, 9.17) is 9.84 Å². The number of rotatable bonds is 9. The van der Waals surface area contributed by atoms with Gasteiger partial charge in [-0.1, -0.05) is 0 Å². The number of hydrogen-bond donors (Lipinski definition) is 2. The summed E-state index contributed by atoms with van der Waals surface area (Å²) < 4.78 is 18.3. The normalized spacial score (nSPS) is 18.1. The maximum absolute atomic E-state index is 12.8. The van der Waals surface area contributed by atoms with Crippen molar-refractivity contribution < 1.29 is 23.8 Å². The van der Waals surface area contributed by atoms with Gasteiger partial charge in [-0.2, -0.15) is 0 Å². The van der Waals surface area contributed by atoms with Crippen molar-refractivity contribution in [2.24, 2.45) is 0 Å². The number of nitrogens with one attached hydrogen (secondary N) is 1. The third-order valence-electron chi connectivity index (χ3n) is 4.67. The highest BCUT2D eigenvalue weighted by Gasteiger charge is 2.22. The second kappa shape index (κ2) is 10.8. The standard InChI is InChI=1S/C19H28FN3O4/c1-22(14-19(25)26)16-3-2-10-23(11-8-16)13-18(24)21-9-12-27-17-6-4-15(20)5-7-17/h4-7,16H,2-3,8-14H2,1H3,(H,21,24)(H,25,26). The first-order valence-corrected chi connectivity index (χ1v) is 9.23. The van der Waals surface area contributed by atoms with Crippen LogP contribution in [0.4, 0.5) is 4.39 Å². The van der Waals surface area contributed by atoms with Gasteiger partial charge in [0.2, 0.25) is 5.91 Å². The molecule has 1 unspecified atom stereocenters. The minimum Gasteiger partial charge on any atom is -0.492 e. The van der Waals surface area contributed by atoms with Crippen LogP contribution in [0, 0.1) is 5.82 Å². The molecule has 1 fully saturated rings. The predicted molar refractivity (Wildman–Crippen MR) is 99.2 cm³/mol. The summed E-state index contributed by atoms with van der Waals surface area (Å²) in [7, 11) is 1.84. The van der Waals surface area contributed by atoms with Gasteiger partial charge in [0.1, 0.15) is 18.2 Å². The number of aliphatic carboxylic acids is 1. The number of halogens is 1. The van der Waals surface area contributed by atoms with Crippen LogP contribution >= 0.6 is 0 Å². The summed E-state index contributed by atoms with van der Waals surface area (Å²) in [6.45, 7) is 2.67. The molecule has 1 aliphatic heterocycles. The SMILES string of the molecule is CN(CC(=O)O)C1CCCN(CC(=O)NCCOc2ccc(F)cc2)CC1. The average molecular weight is 381 g/mol. The summed E-state index contributed by atoms with van der Waals surface area (Å²) in [5, 5.41) is 11.7. The van der Waals surface area contributed by atoms with Gasteiger partial charge in [0.15, 0.2) is 0 Å². The van der Waals surface area contributed by atoms with Crippen molar-refractivity contribution in [3.63, 3.8) is 0 Å². The lowest BCUT2D eigenvalue weighted by Crippen LogP contribution is -2.40. The van der Waals surface area contributed by atoms with Gasteiger partial charge in [-0.3, -0.25) is 19.4 Å². The number of carboxylic acid groups (broad SMARTS) is 1. The predicted octanol–water partition coefficient (Wildman–Crippen LogP) is 1.19. The van der Waals surface area contributed by atoms with Crippen molar-refractivity contribution in [2.75, 3.05) is 46.4 Å². The number of nitrogens with zero attached hydrogens (tertiary/aromatic N) is 2. The molecular formula is C19H28FN3O4. The second-order valence-corrected chi connectivity index (χ2v) is 6.82. The van der Waals surface area contributed by atoms with Gasteiger partial charge < -0.3 is 15.2 Å². The molecule has 2 rings (SSSR count). The molecule has 1 amide bonds. The van der Waals surface area contributed by atoms with Crippen LogP contribution in [0.5, 0.6) is 5.75 Å². The third-order valence-corrected chi connectivity index (χ3v) is 4.67. The maximum atomic E-state index is 12.8. The fourth-order valence-corrected chi connectivity index (χ4v) is 3.23. The van der Waals surface area contributed by atoms with E-state index in [1.165, 1.54) is 12.1 Å². The first kappa shape index (κ1) is 21.1. The van der Waals surface area contributed by atoms with Crippen molar-refractivity contribution in [3.8, 4) is 5.75 Å². The van der Waals surface area contributed by atoms with Gasteiger partial charge in [0, 0.05) is 12.6 Å². The number of ether oxygens (including phenoxy) is 1. The number of amides is 1. The highest BCUT2D eigenvalue weighted by molar-refractivity contribution is 5.78. The number of carbonyl (C=O) groups excluding carboxylic acids is 1. The highest BCUT2D eigenvalue weighted by Crippen LogP contribution is 2.15. The van der Waals surface area contributed by atoms with Gasteiger partial charge in [0.05, 0.1) is 19.6 Å². The zero-order valence-electron chi connectivity index (χ0n) is 15.7. The lowest BCUT2D eigenvalue weighted by Gasteiger charge is -2.25. The van der Waals surface area contributed by atoms with E-state index in [1.807, 2.05) is 11.9 Å². The molecule has 150 valence electrons. The topological polar surface area (TPSA) is 82.1 Å². The van der Waals surface area contributed by atoms with E-state index in [2.05, 4.69) is 10.2 Å². The molecule has 0 radical (unpaired) electrons. The Bertz CT molecular complexity index is 611. The lowest BCUT2D eigenvalue weighted by atomic mass is 10.1. The Balaban J connectivity index is 1.63.